The first-order valence-electron chi connectivity index (χ1n) is 7.51. The van der Waals surface area contributed by atoms with Crippen LogP contribution in [0.5, 0.6) is 0 Å². The quantitative estimate of drug-likeness (QED) is 0.906. The van der Waals surface area contributed by atoms with Gasteiger partial charge in [-0.1, -0.05) is 35.9 Å². The van der Waals surface area contributed by atoms with Crippen molar-refractivity contribution in [3.8, 4) is 0 Å². The fraction of sp³-hybridized carbons (Fsp3) is 0.235. The number of rotatable bonds is 4. The van der Waals surface area contributed by atoms with Gasteiger partial charge >= 0.3 is 0 Å². The Kier molecular flexibility index (Phi) is 4.40. The van der Waals surface area contributed by atoms with E-state index in [0.29, 0.717) is 5.69 Å². The van der Waals surface area contributed by atoms with Crippen LogP contribution in [0.25, 0.3) is 0 Å². The van der Waals surface area contributed by atoms with Crippen molar-refractivity contribution in [1.29, 1.82) is 0 Å². The van der Waals surface area contributed by atoms with Crippen LogP contribution in [0.1, 0.15) is 5.56 Å². The SMILES string of the molecule is Cc1ccc(S(=O)(=O)N2CC(=O)N(c3ccccc3)C2CO)cc1. The molecule has 24 heavy (non-hydrogen) atoms. The van der Waals surface area contributed by atoms with Crippen LogP contribution in [-0.4, -0.2) is 43.1 Å². The maximum absolute atomic E-state index is 12.9. The number of aryl methyl sites for hydroxylation is 1. The molecular formula is C17H18N2O4S. The Hall–Kier alpha value is -2.22. The molecule has 0 aliphatic carbocycles. The molecule has 3 rings (SSSR count). The van der Waals surface area contributed by atoms with Crippen molar-refractivity contribution in [2.75, 3.05) is 18.1 Å². The predicted octanol–water partition coefficient (Wildman–Crippen LogP) is 1.35. The molecule has 0 radical (unpaired) electrons. The second-order valence-corrected chi connectivity index (χ2v) is 7.52. The number of hydrogen-bond donors (Lipinski definition) is 1. The lowest BCUT2D eigenvalue weighted by molar-refractivity contribution is -0.116. The zero-order valence-corrected chi connectivity index (χ0v) is 14.0. The Bertz CT molecular complexity index is 835. The minimum atomic E-state index is -3.88. The van der Waals surface area contributed by atoms with Gasteiger partial charge in [0.15, 0.2) is 0 Å². The van der Waals surface area contributed by atoms with Crippen molar-refractivity contribution in [1.82, 2.24) is 4.31 Å². The summed E-state index contributed by atoms with van der Waals surface area (Å²) in [6.07, 6.45) is -0.953. The van der Waals surface area contributed by atoms with E-state index < -0.39 is 22.8 Å². The van der Waals surface area contributed by atoms with Crippen molar-refractivity contribution in [2.24, 2.45) is 0 Å². The molecule has 1 saturated heterocycles. The van der Waals surface area contributed by atoms with E-state index in [0.717, 1.165) is 9.87 Å². The fourth-order valence-electron chi connectivity index (χ4n) is 2.78. The van der Waals surface area contributed by atoms with E-state index in [1.807, 2.05) is 6.92 Å². The first-order valence-corrected chi connectivity index (χ1v) is 8.95. The molecule has 1 aliphatic rings. The van der Waals surface area contributed by atoms with E-state index in [1.165, 1.54) is 17.0 Å². The molecule has 1 amide bonds. The summed E-state index contributed by atoms with van der Waals surface area (Å²) in [4.78, 5) is 13.8. The standard InChI is InChI=1S/C17H18N2O4S/c1-13-7-9-15(10-8-13)24(22,23)18-11-17(21)19(16(18)12-20)14-5-3-2-4-6-14/h2-10,16,20H,11-12H2,1H3. The first kappa shape index (κ1) is 16.6. The molecule has 0 spiro atoms. The molecule has 1 fully saturated rings. The number of carbonyl (C=O) groups is 1. The van der Waals surface area contributed by atoms with Crippen LogP contribution in [0.15, 0.2) is 59.5 Å². The van der Waals surface area contributed by atoms with Crippen LogP contribution in [0.2, 0.25) is 0 Å². The number of carbonyl (C=O) groups excluding carboxylic acids is 1. The molecule has 0 bridgehead atoms. The van der Waals surface area contributed by atoms with Crippen LogP contribution in [-0.2, 0) is 14.8 Å². The number of hydrogen-bond acceptors (Lipinski definition) is 4. The van der Waals surface area contributed by atoms with Gasteiger partial charge < -0.3 is 5.11 Å². The van der Waals surface area contributed by atoms with Gasteiger partial charge in [-0.2, -0.15) is 4.31 Å². The second kappa shape index (κ2) is 6.35. The average molecular weight is 346 g/mol. The van der Waals surface area contributed by atoms with Gasteiger partial charge in [-0.3, -0.25) is 9.69 Å². The van der Waals surface area contributed by atoms with Gasteiger partial charge in [0.05, 0.1) is 18.0 Å². The summed E-state index contributed by atoms with van der Waals surface area (Å²) in [7, 11) is -3.88. The molecule has 1 N–H and O–H groups in total. The molecule has 2 aromatic carbocycles. The predicted molar refractivity (Wildman–Crippen MR) is 89.9 cm³/mol. The van der Waals surface area contributed by atoms with Crippen LogP contribution in [0, 0.1) is 6.92 Å². The van der Waals surface area contributed by atoms with E-state index in [-0.39, 0.29) is 17.3 Å². The molecule has 1 heterocycles. The normalized spacial score (nSPS) is 19.0. The number of sulfonamides is 1. The summed E-state index contributed by atoms with van der Waals surface area (Å²) in [6, 6.07) is 15.2. The Morgan fingerprint density at radius 2 is 1.71 bits per heavy atom. The van der Waals surface area contributed by atoms with Crippen molar-refractivity contribution < 1.29 is 18.3 Å². The van der Waals surface area contributed by atoms with Crippen molar-refractivity contribution >= 4 is 21.6 Å². The molecule has 1 aliphatic heterocycles. The number of anilines is 1. The van der Waals surface area contributed by atoms with Crippen LogP contribution in [0.3, 0.4) is 0 Å². The average Bonchev–Trinajstić information content (AvgIpc) is 2.93. The molecule has 6 nitrogen and oxygen atoms in total. The zero-order chi connectivity index (χ0) is 17.3. The Labute approximate surface area is 141 Å². The number of aliphatic hydroxyl groups is 1. The summed E-state index contributed by atoms with van der Waals surface area (Å²) in [5, 5.41) is 9.74. The Morgan fingerprint density at radius 1 is 1.08 bits per heavy atom. The largest absolute Gasteiger partial charge is 0.393 e. The number of para-hydroxylation sites is 1. The summed E-state index contributed by atoms with van der Waals surface area (Å²) >= 11 is 0. The lowest BCUT2D eigenvalue weighted by Crippen LogP contribution is -2.45. The van der Waals surface area contributed by atoms with Gasteiger partial charge in [0.1, 0.15) is 6.17 Å². The monoisotopic (exact) mass is 346 g/mol. The third-order valence-electron chi connectivity index (χ3n) is 4.02. The van der Waals surface area contributed by atoms with Gasteiger partial charge in [-0.15, -0.1) is 0 Å². The molecule has 0 aromatic heterocycles. The summed E-state index contributed by atoms with van der Waals surface area (Å²) < 4.78 is 26.8. The molecule has 1 atom stereocenters. The minimum absolute atomic E-state index is 0.106. The fourth-order valence-corrected chi connectivity index (χ4v) is 4.29. The number of aliphatic hydroxyl groups excluding tert-OH is 1. The molecule has 126 valence electrons. The maximum atomic E-state index is 12.9. The smallest absolute Gasteiger partial charge is 0.245 e. The third-order valence-corrected chi connectivity index (χ3v) is 5.87. The maximum Gasteiger partial charge on any atom is 0.245 e. The van der Waals surface area contributed by atoms with Gasteiger partial charge in [0.25, 0.3) is 0 Å². The highest BCUT2D eigenvalue weighted by atomic mass is 32.2. The molecule has 7 heteroatoms. The highest BCUT2D eigenvalue weighted by molar-refractivity contribution is 7.89. The lowest BCUT2D eigenvalue weighted by Gasteiger charge is -2.27. The summed E-state index contributed by atoms with van der Waals surface area (Å²) in [5.41, 5.74) is 1.50. The molecule has 0 saturated carbocycles. The topological polar surface area (TPSA) is 77.9 Å². The van der Waals surface area contributed by atoms with E-state index >= 15 is 0 Å². The molecule has 2 aromatic rings. The lowest BCUT2D eigenvalue weighted by atomic mass is 10.2. The zero-order valence-electron chi connectivity index (χ0n) is 13.2. The van der Waals surface area contributed by atoms with Gasteiger partial charge in [-0.25, -0.2) is 8.42 Å². The van der Waals surface area contributed by atoms with Crippen molar-refractivity contribution in [2.45, 2.75) is 18.0 Å². The van der Waals surface area contributed by atoms with Crippen LogP contribution < -0.4 is 4.90 Å². The third kappa shape index (κ3) is 2.82. The van der Waals surface area contributed by atoms with Gasteiger partial charge in [0.2, 0.25) is 15.9 Å². The van der Waals surface area contributed by atoms with Crippen LogP contribution in [0.4, 0.5) is 5.69 Å². The Morgan fingerprint density at radius 3 is 2.29 bits per heavy atom. The summed E-state index contributed by atoms with van der Waals surface area (Å²) in [5.74, 6) is -0.365. The van der Waals surface area contributed by atoms with Gasteiger partial charge in [0, 0.05) is 5.69 Å². The number of nitrogens with zero attached hydrogens (tertiary/aromatic N) is 2. The van der Waals surface area contributed by atoms with Crippen molar-refractivity contribution in [3.05, 3.63) is 60.2 Å². The van der Waals surface area contributed by atoms with E-state index in [4.69, 9.17) is 0 Å². The van der Waals surface area contributed by atoms with Crippen LogP contribution >= 0.6 is 0 Å². The second-order valence-electron chi connectivity index (χ2n) is 5.63. The number of benzene rings is 2. The first-order chi connectivity index (χ1) is 11.4. The molecule has 1 unspecified atom stereocenters. The minimum Gasteiger partial charge on any atom is -0.393 e. The van der Waals surface area contributed by atoms with E-state index in [9.17, 15) is 18.3 Å². The summed E-state index contributed by atoms with van der Waals surface area (Å²) in [6.45, 7) is 1.09. The van der Waals surface area contributed by atoms with Gasteiger partial charge in [-0.05, 0) is 31.2 Å². The number of amides is 1. The van der Waals surface area contributed by atoms with E-state index in [2.05, 4.69) is 0 Å². The highest BCUT2D eigenvalue weighted by Gasteiger charge is 2.45. The van der Waals surface area contributed by atoms with Crippen molar-refractivity contribution in [3.63, 3.8) is 0 Å². The molecular weight excluding hydrogens is 328 g/mol. The highest BCUT2D eigenvalue weighted by Crippen LogP contribution is 2.29. The van der Waals surface area contributed by atoms with E-state index in [1.54, 1.807) is 42.5 Å². The Balaban J connectivity index is 1.99.